The number of likely N-dealkylation sites (tertiary alicyclic amines) is 1. The lowest BCUT2D eigenvalue weighted by Crippen LogP contribution is -2.44. The van der Waals surface area contributed by atoms with Gasteiger partial charge in [0.2, 0.25) is 11.9 Å². The fraction of sp³-hybridized carbons (Fsp3) is 0.565. The number of hydrogen-bond acceptors (Lipinski definition) is 8. The molecule has 37 heavy (non-hydrogen) atoms. The first-order valence-corrected chi connectivity index (χ1v) is 11.7. The second kappa shape index (κ2) is 11.6. The Morgan fingerprint density at radius 2 is 1.89 bits per heavy atom. The van der Waals surface area contributed by atoms with Crippen LogP contribution in [0.5, 0.6) is 0 Å². The molecule has 1 amide bonds. The number of alkyl halides is 3. The van der Waals surface area contributed by atoms with Gasteiger partial charge in [0.25, 0.3) is 0 Å². The Kier molecular flexibility index (Phi) is 8.71. The van der Waals surface area contributed by atoms with Gasteiger partial charge in [0.15, 0.2) is 0 Å². The van der Waals surface area contributed by atoms with Gasteiger partial charge in [-0.25, -0.2) is 14.8 Å². The summed E-state index contributed by atoms with van der Waals surface area (Å²) < 4.78 is 38.9. The Labute approximate surface area is 211 Å². The molecule has 0 aliphatic carbocycles. The highest BCUT2D eigenvalue weighted by molar-refractivity contribution is 5.81. The lowest BCUT2D eigenvalue weighted by atomic mass is 9.75. The first kappa shape index (κ1) is 27.9. The smallest absolute Gasteiger partial charge is 0.475 e. The monoisotopic (exact) mass is 526 g/mol. The maximum absolute atomic E-state index is 13.1. The predicted octanol–water partition coefficient (Wildman–Crippen LogP) is 1.69. The van der Waals surface area contributed by atoms with E-state index < -0.39 is 17.6 Å². The summed E-state index contributed by atoms with van der Waals surface area (Å²) in [7, 11) is 1.84. The summed E-state index contributed by atoms with van der Waals surface area (Å²) in [5.74, 6) is -2.31. The summed E-state index contributed by atoms with van der Waals surface area (Å²) in [5, 5.41) is 11.4. The minimum absolute atomic E-state index is 0.0319. The fourth-order valence-corrected chi connectivity index (χ4v) is 4.70. The fourth-order valence-electron chi connectivity index (χ4n) is 4.70. The molecule has 1 N–H and O–H groups in total. The van der Waals surface area contributed by atoms with Crippen molar-refractivity contribution in [2.45, 2.75) is 32.4 Å². The number of carbonyl (C=O) groups excluding carboxylic acids is 2. The highest BCUT2D eigenvalue weighted by Gasteiger charge is 2.55. The molecule has 14 heteroatoms. The van der Waals surface area contributed by atoms with Crippen LogP contribution in [-0.4, -0.2) is 86.6 Å². The van der Waals surface area contributed by atoms with Crippen LogP contribution in [0.1, 0.15) is 25.5 Å². The third-order valence-corrected chi connectivity index (χ3v) is 6.40. The summed E-state index contributed by atoms with van der Waals surface area (Å²) in [6.07, 6.45) is 1.88. The number of aromatic nitrogens is 4. The second-order valence-electron chi connectivity index (χ2n) is 8.91. The largest absolute Gasteiger partial charge is 0.490 e. The summed E-state index contributed by atoms with van der Waals surface area (Å²) in [6.45, 7) is 4.48. The molecule has 0 unspecified atom stereocenters. The number of aliphatic carboxylic acids is 1. The maximum atomic E-state index is 13.1. The Morgan fingerprint density at radius 1 is 1.22 bits per heavy atom. The van der Waals surface area contributed by atoms with E-state index in [-0.39, 0.29) is 24.2 Å². The lowest BCUT2D eigenvalue weighted by molar-refractivity contribution is -0.192. The van der Waals surface area contributed by atoms with Crippen LogP contribution >= 0.6 is 0 Å². The van der Waals surface area contributed by atoms with Gasteiger partial charge in [0, 0.05) is 57.7 Å². The van der Waals surface area contributed by atoms with Crippen molar-refractivity contribution < 1.29 is 37.4 Å². The van der Waals surface area contributed by atoms with Crippen LogP contribution in [0.4, 0.5) is 19.1 Å². The van der Waals surface area contributed by atoms with Gasteiger partial charge >= 0.3 is 18.1 Å². The first-order chi connectivity index (χ1) is 17.5. The number of halogens is 3. The van der Waals surface area contributed by atoms with E-state index in [1.807, 2.05) is 36.0 Å². The number of aryl methyl sites for hydroxylation is 1. The number of hydrogen-bond donors (Lipinski definition) is 1. The molecular weight excluding hydrogens is 497 g/mol. The van der Waals surface area contributed by atoms with Crippen LogP contribution in [-0.2, 0) is 32.6 Å². The number of carboxylic acid groups (broad SMARTS) is 1. The summed E-state index contributed by atoms with van der Waals surface area (Å²) in [6, 6.07) is 3.64. The number of esters is 1. The Morgan fingerprint density at radius 3 is 2.46 bits per heavy atom. The molecule has 2 aromatic heterocycles. The molecule has 4 heterocycles. The molecule has 2 aliphatic heterocycles. The van der Waals surface area contributed by atoms with Crippen molar-refractivity contribution in [1.29, 1.82) is 0 Å². The van der Waals surface area contributed by atoms with Crippen molar-refractivity contribution >= 4 is 23.8 Å². The van der Waals surface area contributed by atoms with Crippen molar-refractivity contribution in [2.24, 2.45) is 18.4 Å². The zero-order chi connectivity index (χ0) is 27.2. The van der Waals surface area contributed by atoms with Crippen LogP contribution in [0.25, 0.3) is 0 Å². The van der Waals surface area contributed by atoms with Crippen LogP contribution in [0.2, 0.25) is 0 Å². The van der Waals surface area contributed by atoms with Crippen molar-refractivity contribution in [1.82, 2.24) is 24.6 Å². The van der Waals surface area contributed by atoms with Gasteiger partial charge < -0.3 is 19.6 Å². The number of amides is 1. The van der Waals surface area contributed by atoms with E-state index >= 15 is 0 Å². The van der Waals surface area contributed by atoms with E-state index in [1.165, 1.54) is 0 Å². The van der Waals surface area contributed by atoms with Crippen molar-refractivity contribution in [3.8, 4) is 0 Å². The topological polar surface area (TPSA) is 131 Å². The first-order valence-electron chi connectivity index (χ1n) is 11.7. The predicted molar refractivity (Wildman–Crippen MR) is 123 cm³/mol. The van der Waals surface area contributed by atoms with E-state index in [4.69, 9.17) is 14.6 Å². The molecule has 4 rings (SSSR count). The Hall–Kier alpha value is -3.71. The van der Waals surface area contributed by atoms with Crippen molar-refractivity contribution in [3.63, 3.8) is 0 Å². The molecule has 2 aromatic rings. The van der Waals surface area contributed by atoms with Crippen molar-refractivity contribution in [2.75, 3.05) is 37.7 Å². The number of ether oxygens (including phenoxy) is 1. The summed E-state index contributed by atoms with van der Waals surface area (Å²) >= 11 is 0. The van der Waals surface area contributed by atoms with E-state index in [9.17, 15) is 22.8 Å². The summed E-state index contributed by atoms with van der Waals surface area (Å²) in [4.78, 5) is 47.6. The molecule has 0 spiro atoms. The van der Waals surface area contributed by atoms with Gasteiger partial charge in [0.1, 0.15) is 0 Å². The van der Waals surface area contributed by atoms with Gasteiger partial charge in [-0.1, -0.05) is 0 Å². The van der Waals surface area contributed by atoms with Crippen LogP contribution in [0, 0.1) is 11.3 Å². The minimum Gasteiger partial charge on any atom is -0.475 e. The highest BCUT2D eigenvalue weighted by atomic mass is 19.4. The number of carbonyl (C=O) groups is 3. The lowest BCUT2D eigenvalue weighted by Gasteiger charge is -2.31. The molecule has 2 fully saturated rings. The van der Waals surface area contributed by atoms with E-state index in [2.05, 4.69) is 15.1 Å². The molecule has 2 atom stereocenters. The summed E-state index contributed by atoms with van der Waals surface area (Å²) in [5.41, 5.74) is 0.115. The normalized spacial score (nSPS) is 21.4. The van der Waals surface area contributed by atoms with Gasteiger partial charge in [0.05, 0.1) is 24.1 Å². The van der Waals surface area contributed by atoms with E-state index in [0.29, 0.717) is 45.2 Å². The van der Waals surface area contributed by atoms with Gasteiger partial charge in [-0.2, -0.15) is 18.3 Å². The third-order valence-electron chi connectivity index (χ3n) is 6.40. The van der Waals surface area contributed by atoms with Gasteiger partial charge in [-0.3, -0.25) is 14.3 Å². The molecule has 0 saturated carbocycles. The number of anilines is 1. The van der Waals surface area contributed by atoms with Crippen molar-refractivity contribution in [3.05, 3.63) is 36.4 Å². The molecule has 0 radical (unpaired) electrons. The van der Waals surface area contributed by atoms with Crippen LogP contribution in [0.15, 0.2) is 30.7 Å². The quantitative estimate of drug-likeness (QED) is 0.579. The molecule has 202 valence electrons. The Balaban J connectivity index is 0.000000479. The molecular formula is C23H29F3N6O5. The molecule has 0 bridgehead atoms. The average molecular weight is 527 g/mol. The van der Waals surface area contributed by atoms with E-state index in [0.717, 1.165) is 12.1 Å². The van der Waals surface area contributed by atoms with Gasteiger partial charge in [-0.05, 0) is 31.9 Å². The number of carboxylic acids is 1. The SMILES string of the molecule is CCOC(=O)[C@]12CCCN(C(=O)Cc3ccn(C)n3)C[C@H]1CN(c1ncccn1)C2.O=C(O)C(F)(F)F. The number of fused-ring (bicyclic) bond motifs is 1. The second-order valence-corrected chi connectivity index (χ2v) is 8.91. The highest BCUT2D eigenvalue weighted by Crippen LogP contribution is 2.44. The zero-order valence-electron chi connectivity index (χ0n) is 20.5. The van der Waals surface area contributed by atoms with Crippen LogP contribution < -0.4 is 4.90 Å². The molecule has 2 saturated heterocycles. The number of rotatable bonds is 5. The average Bonchev–Trinajstić information content (AvgIpc) is 3.37. The van der Waals surface area contributed by atoms with Gasteiger partial charge in [-0.15, -0.1) is 0 Å². The third kappa shape index (κ3) is 6.74. The molecule has 2 aliphatic rings. The zero-order valence-corrected chi connectivity index (χ0v) is 20.5. The Bertz CT molecular complexity index is 1100. The van der Waals surface area contributed by atoms with E-state index in [1.54, 1.807) is 23.1 Å². The maximum Gasteiger partial charge on any atom is 0.490 e. The standard InChI is InChI=1S/C21H28N6O3.C2HF3O2/c1-3-30-19(29)21-7-4-10-26(18(28)12-17-6-11-25(2)24-17)13-16(21)14-27(15-21)20-22-8-5-9-23-20;3-2(4,5)1(6)7/h5-6,8-9,11,16H,3-4,7,10,12-15H2,1-2H3;(H,6,7)/t16-,21-;/m0./s1. The minimum atomic E-state index is -5.08. The molecule has 11 nitrogen and oxygen atoms in total. The molecule has 0 aromatic carbocycles. The van der Waals surface area contributed by atoms with Crippen LogP contribution in [0.3, 0.4) is 0 Å². The number of nitrogens with zero attached hydrogens (tertiary/aromatic N) is 6.